The van der Waals surface area contributed by atoms with Crippen LogP contribution in [0.5, 0.6) is 0 Å². The van der Waals surface area contributed by atoms with Crippen LogP contribution in [-0.4, -0.2) is 56.2 Å². The Bertz CT molecular complexity index is 677. The number of anilines is 1. The number of carbonyl (C=O) groups excluding carboxylic acids is 1. The molecule has 3 rings (SSSR count). The number of carbonyl (C=O) groups is 1. The normalized spacial score (nSPS) is 16.4. The molecule has 1 aliphatic heterocycles. The molecule has 0 N–H and O–H groups in total. The first-order valence-corrected chi connectivity index (χ1v) is 7.08. The van der Waals surface area contributed by atoms with Crippen LogP contribution in [0.1, 0.15) is 10.4 Å². The number of aromatic nitrogens is 1. The van der Waals surface area contributed by atoms with E-state index in [1.807, 2.05) is 0 Å². The van der Waals surface area contributed by atoms with Crippen molar-refractivity contribution < 1.29 is 13.9 Å². The van der Waals surface area contributed by atoms with Crippen molar-refractivity contribution >= 4 is 34.7 Å². The van der Waals surface area contributed by atoms with E-state index in [1.165, 1.54) is 7.11 Å². The number of rotatable bonds is 2. The molecule has 1 aliphatic rings. The standard InChI is InChI=1S/C14H16ClN3O3/c1-17-3-5-18(6-4-17)14-16-12-10(13(19)20-2)7-9(15)8-11(12)21-14/h7-8H,3-6H2,1-2H3. The van der Waals surface area contributed by atoms with Crippen LogP contribution in [0.15, 0.2) is 16.5 Å². The Balaban J connectivity index is 2.01. The molecule has 0 amide bonds. The van der Waals surface area contributed by atoms with Crippen molar-refractivity contribution in [2.45, 2.75) is 0 Å². The molecule has 0 atom stereocenters. The summed E-state index contributed by atoms with van der Waals surface area (Å²) in [5.41, 5.74) is 1.31. The molecule has 0 spiro atoms. The van der Waals surface area contributed by atoms with Crippen molar-refractivity contribution in [1.82, 2.24) is 9.88 Å². The number of hydrogen-bond acceptors (Lipinski definition) is 6. The maximum atomic E-state index is 11.8. The molecule has 0 aliphatic carbocycles. The van der Waals surface area contributed by atoms with Crippen molar-refractivity contribution in [3.63, 3.8) is 0 Å². The predicted octanol–water partition coefficient (Wildman–Crippen LogP) is 2.02. The van der Waals surface area contributed by atoms with Crippen LogP contribution in [-0.2, 0) is 4.74 Å². The Kier molecular flexibility index (Phi) is 3.73. The zero-order valence-electron chi connectivity index (χ0n) is 11.9. The minimum absolute atomic E-state index is 0.323. The summed E-state index contributed by atoms with van der Waals surface area (Å²) in [6, 6.07) is 3.73. The average molecular weight is 310 g/mol. The lowest BCUT2D eigenvalue weighted by Crippen LogP contribution is -2.44. The van der Waals surface area contributed by atoms with Crippen LogP contribution in [0, 0.1) is 0 Å². The van der Waals surface area contributed by atoms with Gasteiger partial charge in [0.05, 0.1) is 12.7 Å². The number of likely N-dealkylation sites (N-methyl/N-ethyl adjacent to an activating group) is 1. The second-order valence-corrected chi connectivity index (χ2v) is 5.51. The van der Waals surface area contributed by atoms with E-state index < -0.39 is 5.97 Å². The van der Waals surface area contributed by atoms with Gasteiger partial charge >= 0.3 is 5.97 Å². The maximum absolute atomic E-state index is 11.8. The Hall–Kier alpha value is -1.79. The van der Waals surface area contributed by atoms with E-state index >= 15 is 0 Å². The lowest BCUT2D eigenvalue weighted by molar-refractivity contribution is 0.0602. The highest BCUT2D eigenvalue weighted by Crippen LogP contribution is 2.29. The summed E-state index contributed by atoms with van der Waals surface area (Å²) >= 11 is 6.02. The van der Waals surface area contributed by atoms with Crippen LogP contribution in [0.3, 0.4) is 0 Å². The largest absolute Gasteiger partial charge is 0.465 e. The zero-order chi connectivity index (χ0) is 15.0. The van der Waals surface area contributed by atoms with Gasteiger partial charge in [0, 0.05) is 37.3 Å². The quantitative estimate of drug-likeness (QED) is 0.791. The van der Waals surface area contributed by atoms with Gasteiger partial charge in [-0.1, -0.05) is 11.6 Å². The van der Waals surface area contributed by atoms with E-state index in [4.69, 9.17) is 20.8 Å². The molecule has 21 heavy (non-hydrogen) atoms. The highest BCUT2D eigenvalue weighted by molar-refractivity contribution is 6.31. The lowest BCUT2D eigenvalue weighted by atomic mass is 10.2. The molecule has 1 aromatic heterocycles. The lowest BCUT2D eigenvalue weighted by Gasteiger charge is -2.31. The molecule has 6 nitrogen and oxygen atoms in total. The molecule has 112 valence electrons. The molecule has 0 unspecified atom stereocenters. The van der Waals surface area contributed by atoms with Crippen LogP contribution in [0.2, 0.25) is 5.02 Å². The van der Waals surface area contributed by atoms with E-state index in [2.05, 4.69) is 21.8 Å². The summed E-state index contributed by atoms with van der Waals surface area (Å²) in [4.78, 5) is 20.6. The fraction of sp³-hybridized carbons (Fsp3) is 0.429. The van der Waals surface area contributed by atoms with Crippen molar-refractivity contribution in [2.75, 3.05) is 45.2 Å². The highest BCUT2D eigenvalue weighted by Gasteiger charge is 2.22. The van der Waals surface area contributed by atoms with Crippen molar-refractivity contribution in [2.24, 2.45) is 0 Å². The van der Waals surface area contributed by atoms with Gasteiger partial charge in [-0.05, 0) is 13.1 Å². The van der Waals surface area contributed by atoms with Gasteiger partial charge in [0.2, 0.25) is 0 Å². The number of piperazine rings is 1. The number of methoxy groups -OCH3 is 1. The van der Waals surface area contributed by atoms with Gasteiger partial charge in [-0.25, -0.2) is 4.79 Å². The van der Waals surface area contributed by atoms with Gasteiger partial charge < -0.3 is 19.0 Å². The van der Waals surface area contributed by atoms with E-state index in [9.17, 15) is 4.79 Å². The van der Waals surface area contributed by atoms with Crippen LogP contribution in [0.25, 0.3) is 11.1 Å². The number of ether oxygens (including phenoxy) is 1. The number of benzene rings is 1. The summed E-state index contributed by atoms with van der Waals surface area (Å²) in [6.07, 6.45) is 0. The number of fused-ring (bicyclic) bond motifs is 1. The molecule has 0 radical (unpaired) electrons. The van der Waals surface area contributed by atoms with Crippen molar-refractivity contribution in [1.29, 1.82) is 0 Å². The van der Waals surface area contributed by atoms with E-state index in [-0.39, 0.29) is 0 Å². The second kappa shape index (κ2) is 5.54. The monoisotopic (exact) mass is 309 g/mol. The van der Waals surface area contributed by atoms with Crippen molar-refractivity contribution in [3.8, 4) is 0 Å². The first-order chi connectivity index (χ1) is 10.1. The number of halogens is 1. The molecule has 2 heterocycles. The van der Waals surface area contributed by atoms with Gasteiger partial charge in [0.1, 0.15) is 5.52 Å². The highest BCUT2D eigenvalue weighted by atomic mass is 35.5. The SMILES string of the molecule is COC(=O)c1cc(Cl)cc2oc(N3CCN(C)CC3)nc12. The minimum atomic E-state index is -0.472. The van der Waals surface area contributed by atoms with Crippen LogP contribution in [0.4, 0.5) is 6.01 Å². The van der Waals surface area contributed by atoms with E-state index in [0.717, 1.165) is 26.2 Å². The first kappa shape index (κ1) is 14.2. The van der Waals surface area contributed by atoms with Gasteiger partial charge in [-0.3, -0.25) is 0 Å². The summed E-state index contributed by atoms with van der Waals surface area (Å²) in [7, 11) is 3.41. The Labute approximate surface area is 127 Å². The van der Waals surface area contributed by atoms with E-state index in [1.54, 1.807) is 12.1 Å². The summed E-state index contributed by atoms with van der Waals surface area (Å²) in [5, 5.41) is 0.420. The molecule has 0 bridgehead atoms. The third-order valence-corrected chi connectivity index (χ3v) is 3.85. The third-order valence-electron chi connectivity index (χ3n) is 3.63. The maximum Gasteiger partial charge on any atom is 0.340 e. The number of esters is 1. The Morgan fingerprint density at radius 3 is 2.71 bits per heavy atom. The molecule has 2 aromatic rings. The van der Waals surface area contributed by atoms with Crippen LogP contribution < -0.4 is 4.90 Å². The first-order valence-electron chi connectivity index (χ1n) is 6.70. The predicted molar refractivity (Wildman–Crippen MR) is 80.1 cm³/mol. The molecule has 0 saturated carbocycles. The van der Waals surface area contributed by atoms with Gasteiger partial charge in [0.15, 0.2) is 5.58 Å². The number of hydrogen-bond donors (Lipinski definition) is 0. The fourth-order valence-electron chi connectivity index (χ4n) is 2.38. The average Bonchev–Trinajstić information content (AvgIpc) is 2.89. The molecular weight excluding hydrogens is 294 g/mol. The molecule has 1 aromatic carbocycles. The third kappa shape index (κ3) is 2.69. The molecule has 1 saturated heterocycles. The molecule has 7 heteroatoms. The second-order valence-electron chi connectivity index (χ2n) is 5.08. The topological polar surface area (TPSA) is 58.8 Å². The molecule has 1 fully saturated rings. The summed E-state index contributed by atoms with van der Waals surface area (Å²) in [6.45, 7) is 3.57. The minimum Gasteiger partial charge on any atom is -0.465 e. The van der Waals surface area contributed by atoms with Gasteiger partial charge in [-0.2, -0.15) is 4.98 Å². The molecular formula is C14H16ClN3O3. The van der Waals surface area contributed by atoms with Crippen LogP contribution >= 0.6 is 11.6 Å². The van der Waals surface area contributed by atoms with Gasteiger partial charge in [0.25, 0.3) is 6.01 Å². The fourth-order valence-corrected chi connectivity index (χ4v) is 2.59. The number of nitrogens with zero attached hydrogens (tertiary/aromatic N) is 3. The van der Waals surface area contributed by atoms with Crippen molar-refractivity contribution in [3.05, 3.63) is 22.7 Å². The smallest absolute Gasteiger partial charge is 0.340 e. The zero-order valence-corrected chi connectivity index (χ0v) is 12.7. The number of oxazole rings is 1. The Morgan fingerprint density at radius 2 is 2.05 bits per heavy atom. The summed E-state index contributed by atoms with van der Waals surface area (Å²) in [5.74, 6) is -0.472. The Morgan fingerprint density at radius 1 is 1.33 bits per heavy atom. The van der Waals surface area contributed by atoms with E-state index in [0.29, 0.717) is 27.7 Å². The summed E-state index contributed by atoms with van der Waals surface area (Å²) < 4.78 is 10.5. The van der Waals surface area contributed by atoms with Gasteiger partial charge in [-0.15, -0.1) is 0 Å².